The molecule has 0 bridgehead atoms. The van der Waals surface area contributed by atoms with E-state index >= 15 is 0 Å². The molecule has 1 rings (SSSR count). The van der Waals surface area contributed by atoms with E-state index in [9.17, 15) is 4.79 Å². The Balaban J connectivity index is 3.26. The van der Waals surface area contributed by atoms with Gasteiger partial charge < -0.3 is 16.4 Å². The van der Waals surface area contributed by atoms with Crippen LogP contribution in [0.4, 0.5) is 11.6 Å². The summed E-state index contributed by atoms with van der Waals surface area (Å²) in [4.78, 5) is 21.4. The Morgan fingerprint density at radius 1 is 1.33 bits per heavy atom. The number of amides is 1. The summed E-state index contributed by atoms with van der Waals surface area (Å²) in [6.07, 6.45) is 0. The van der Waals surface area contributed by atoms with Gasteiger partial charge in [0.1, 0.15) is 17.5 Å². The summed E-state index contributed by atoms with van der Waals surface area (Å²) in [5.41, 5.74) is 11.6. The van der Waals surface area contributed by atoms with E-state index in [-0.39, 0.29) is 12.0 Å². The highest BCUT2D eigenvalue weighted by Crippen LogP contribution is 2.26. The number of primary amides is 1. The molecule has 0 unspecified atom stereocenters. The lowest BCUT2D eigenvalue weighted by atomic mass is 9.95. The number of carbonyl (C=O) groups excluding carboxylic acids is 1. The van der Waals surface area contributed by atoms with Crippen LogP contribution in [0, 0.1) is 6.92 Å². The van der Waals surface area contributed by atoms with E-state index in [0.717, 1.165) is 5.56 Å². The van der Waals surface area contributed by atoms with Crippen molar-refractivity contribution in [3.63, 3.8) is 0 Å². The topological polar surface area (TPSA) is 98.1 Å². The fourth-order valence-electron chi connectivity index (χ4n) is 1.54. The molecule has 4 N–H and O–H groups in total. The van der Waals surface area contributed by atoms with E-state index in [1.807, 2.05) is 27.7 Å². The largest absolute Gasteiger partial charge is 0.383 e. The number of nitrogens with two attached hydrogens (primary N) is 2. The van der Waals surface area contributed by atoms with E-state index in [0.29, 0.717) is 17.5 Å². The number of aromatic nitrogens is 2. The molecule has 0 aliphatic carbocycles. The highest BCUT2D eigenvalue weighted by molar-refractivity contribution is 5.79. The molecule has 0 spiro atoms. The van der Waals surface area contributed by atoms with Gasteiger partial charge in [0.2, 0.25) is 5.91 Å². The minimum absolute atomic E-state index is 0.0981. The van der Waals surface area contributed by atoms with Gasteiger partial charge in [-0.1, -0.05) is 20.8 Å². The molecule has 0 aliphatic heterocycles. The van der Waals surface area contributed by atoms with Gasteiger partial charge in [0, 0.05) is 18.0 Å². The van der Waals surface area contributed by atoms with E-state index in [4.69, 9.17) is 11.5 Å². The molecule has 1 heterocycles. The zero-order valence-corrected chi connectivity index (χ0v) is 11.6. The number of anilines is 2. The highest BCUT2D eigenvalue weighted by atomic mass is 16.1. The first-order valence-electron chi connectivity index (χ1n) is 5.77. The van der Waals surface area contributed by atoms with Crippen LogP contribution < -0.4 is 16.4 Å². The Morgan fingerprint density at radius 2 is 1.89 bits per heavy atom. The van der Waals surface area contributed by atoms with Crippen LogP contribution in [0.15, 0.2) is 0 Å². The Morgan fingerprint density at radius 3 is 2.33 bits per heavy atom. The summed E-state index contributed by atoms with van der Waals surface area (Å²) in [6.45, 7) is 7.95. The fraction of sp³-hybridized carbons (Fsp3) is 0.583. The quantitative estimate of drug-likeness (QED) is 0.819. The standard InChI is InChI=1S/C12H21N5O/c1-7-9(14)15-11(12(2,3)4)16-10(7)17(5)6-8(13)18/h6H2,1-5H3,(H2,13,18)(H2,14,15,16). The Kier molecular flexibility index (Phi) is 3.79. The lowest BCUT2D eigenvalue weighted by molar-refractivity contribution is -0.116. The Bertz CT molecular complexity index is 464. The molecule has 0 radical (unpaired) electrons. The maximum atomic E-state index is 11.0. The third kappa shape index (κ3) is 3.09. The molecule has 0 aromatic carbocycles. The van der Waals surface area contributed by atoms with Gasteiger partial charge in [-0.05, 0) is 6.92 Å². The monoisotopic (exact) mass is 251 g/mol. The summed E-state index contributed by atoms with van der Waals surface area (Å²) in [6, 6.07) is 0. The maximum Gasteiger partial charge on any atom is 0.236 e. The van der Waals surface area contributed by atoms with Crippen LogP contribution in [0.1, 0.15) is 32.2 Å². The first-order chi connectivity index (χ1) is 8.12. The van der Waals surface area contributed by atoms with Crippen molar-refractivity contribution in [2.24, 2.45) is 5.73 Å². The van der Waals surface area contributed by atoms with Crippen molar-refractivity contribution in [1.29, 1.82) is 0 Å². The lowest BCUT2D eigenvalue weighted by Crippen LogP contribution is -2.32. The van der Waals surface area contributed by atoms with Crippen LogP contribution >= 0.6 is 0 Å². The predicted octanol–water partition coefficient (Wildman–Crippen LogP) is 0.586. The molecule has 6 heteroatoms. The van der Waals surface area contributed by atoms with Gasteiger partial charge in [-0.25, -0.2) is 9.97 Å². The Hall–Kier alpha value is -1.85. The predicted molar refractivity (Wildman–Crippen MR) is 72.3 cm³/mol. The molecule has 1 amide bonds. The zero-order chi connectivity index (χ0) is 14.1. The van der Waals surface area contributed by atoms with Gasteiger partial charge in [-0.15, -0.1) is 0 Å². The second-order valence-electron chi connectivity index (χ2n) is 5.45. The minimum Gasteiger partial charge on any atom is -0.383 e. The molecule has 1 aromatic heterocycles. The summed E-state index contributed by atoms with van der Waals surface area (Å²) in [5.74, 6) is 1.32. The molecule has 1 aromatic rings. The molecule has 100 valence electrons. The van der Waals surface area contributed by atoms with Crippen LogP contribution in [0.2, 0.25) is 0 Å². The average molecular weight is 251 g/mol. The molecule has 0 atom stereocenters. The molecule has 0 saturated heterocycles. The van der Waals surface area contributed by atoms with Gasteiger partial charge in [-0.2, -0.15) is 0 Å². The van der Waals surface area contributed by atoms with Crippen molar-refractivity contribution in [1.82, 2.24) is 9.97 Å². The summed E-state index contributed by atoms with van der Waals surface area (Å²) < 4.78 is 0. The van der Waals surface area contributed by atoms with Gasteiger partial charge in [0.15, 0.2) is 0 Å². The second-order valence-corrected chi connectivity index (χ2v) is 5.45. The number of hydrogen-bond acceptors (Lipinski definition) is 5. The zero-order valence-electron chi connectivity index (χ0n) is 11.6. The van der Waals surface area contributed by atoms with E-state index in [2.05, 4.69) is 9.97 Å². The highest BCUT2D eigenvalue weighted by Gasteiger charge is 2.22. The van der Waals surface area contributed by atoms with Gasteiger partial charge in [0.25, 0.3) is 0 Å². The van der Waals surface area contributed by atoms with Crippen LogP contribution in [0.3, 0.4) is 0 Å². The molecule has 0 aliphatic rings. The third-order valence-electron chi connectivity index (χ3n) is 2.58. The van der Waals surface area contributed by atoms with E-state index in [1.54, 1.807) is 11.9 Å². The minimum atomic E-state index is -0.411. The number of rotatable bonds is 3. The van der Waals surface area contributed by atoms with Crippen LogP contribution in [0.5, 0.6) is 0 Å². The fourth-order valence-corrected chi connectivity index (χ4v) is 1.54. The first-order valence-corrected chi connectivity index (χ1v) is 5.77. The van der Waals surface area contributed by atoms with Crippen molar-refractivity contribution >= 4 is 17.5 Å². The summed E-state index contributed by atoms with van der Waals surface area (Å²) in [5, 5.41) is 0. The number of nitrogens with zero attached hydrogens (tertiary/aromatic N) is 3. The maximum absolute atomic E-state index is 11.0. The second kappa shape index (κ2) is 4.80. The molecular formula is C12H21N5O. The molecule has 0 saturated carbocycles. The normalized spacial score (nSPS) is 11.4. The average Bonchev–Trinajstić information content (AvgIpc) is 2.18. The lowest BCUT2D eigenvalue weighted by Gasteiger charge is -2.23. The molecule has 0 fully saturated rings. The summed E-state index contributed by atoms with van der Waals surface area (Å²) >= 11 is 0. The van der Waals surface area contributed by atoms with Crippen molar-refractivity contribution in [3.05, 3.63) is 11.4 Å². The number of likely N-dealkylation sites (N-methyl/N-ethyl adjacent to an activating group) is 1. The SMILES string of the molecule is Cc1c(N)nc(C(C)(C)C)nc1N(C)CC(N)=O. The van der Waals surface area contributed by atoms with Crippen LogP contribution in [-0.2, 0) is 10.2 Å². The van der Waals surface area contributed by atoms with Crippen LogP contribution in [0.25, 0.3) is 0 Å². The van der Waals surface area contributed by atoms with Crippen LogP contribution in [-0.4, -0.2) is 29.5 Å². The van der Waals surface area contributed by atoms with E-state index < -0.39 is 5.91 Å². The first kappa shape index (κ1) is 14.2. The number of carbonyl (C=O) groups is 1. The van der Waals surface area contributed by atoms with Crippen molar-refractivity contribution in [3.8, 4) is 0 Å². The van der Waals surface area contributed by atoms with Gasteiger partial charge >= 0.3 is 0 Å². The number of hydrogen-bond donors (Lipinski definition) is 2. The number of nitrogen functional groups attached to an aromatic ring is 1. The molecule has 6 nitrogen and oxygen atoms in total. The van der Waals surface area contributed by atoms with Gasteiger partial charge in [0.05, 0.1) is 6.54 Å². The molecule has 18 heavy (non-hydrogen) atoms. The smallest absolute Gasteiger partial charge is 0.236 e. The van der Waals surface area contributed by atoms with Gasteiger partial charge in [-0.3, -0.25) is 4.79 Å². The third-order valence-corrected chi connectivity index (χ3v) is 2.58. The van der Waals surface area contributed by atoms with Crippen molar-refractivity contribution in [2.75, 3.05) is 24.2 Å². The molecular weight excluding hydrogens is 230 g/mol. The van der Waals surface area contributed by atoms with Crippen molar-refractivity contribution < 1.29 is 4.79 Å². The van der Waals surface area contributed by atoms with Crippen molar-refractivity contribution in [2.45, 2.75) is 33.1 Å². The van der Waals surface area contributed by atoms with E-state index in [1.165, 1.54) is 0 Å². The Labute approximate surface area is 107 Å². The summed E-state index contributed by atoms with van der Waals surface area (Å²) in [7, 11) is 1.76.